The molecular weight excluding hydrogens is 286 g/mol. The fraction of sp³-hybridized carbons (Fsp3) is 0.800. The number of carbonyl (C=O) groups excluding carboxylic acids is 3. The first-order valence-corrected chi connectivity index (χ1v) is 8.06. The maximum atomic E-state index is 12.7. The summed E-state index contributed by atoms with van der Waals surface area (Å²) in [6.45, 7) is 5.72. The molecule has 0 N–H and O–H groups in total. The first-order chi connectivity index (χ1) is 10.5. The second-order valence-corrected chi connectivity index (χ2v) is 6.40. The third-order valence-corrected chi connectivity index (χ3v) is 5.11. The topological polar surface area (TPSA) is 70.2 Å². The van der Waals surface area contributed by atoms with Crippen LogP contribution in [0.5, 0.6) is 0 Å². The van der Waals surface area contributed by atoms with Gasteiger partial charge in [-0.25, -0.2) is 9.59 Å². The minimum atomic E-state index is -0.643. The number of imide groups is 1. The Balaban J connectivity index is 1.66. The molecule has 4 amide bonds. The molecule has 3 fully saturated rings. The SMILES string of the molecule is CCOC(=O)N1CCC(N2C(=O)N3CCC[C@]3(C)C2=O)CC1. The molecule has 3 aliphatic rings. The van der Waals surface area contributed by atoms with Crippen molar-refractivity contribution >= 4 is 18.0 Å². The zero-order valence-electron chi connectivity index (χ0n) is 13.2. The van der Waals surface area contributed by atoms with Gasteiger partial charge in [-0.15, -0.1) is 0 Å². The Labute approximate surface area is 130 Å². The monoisotopic (exact) mass is 309 g/mol. The van der Waals surface area contributed by atoms with E-state index in [1.165, 1.54) is 4.90 Å². The number of fused-ring (bicyclic) bond motifs is 1. The Bertz CT molecular complexity index is 501. The fourth-order valence-corrected chi connectivity index (χ4v) is 3.81. The highest BCUT2D eigenvalue weighted by atomic mass is 16.6. The third-order valence-electron chi connectivity index (χ3n) is 5.11. The molecule has 122 valence electrons. The number of ether oxygens (including phenoxy) is 1. The van der Waals surface area contributed by atoms with Crippen LogP contribution in [0.2, 0.25) is 0 Å². The molecule has 1 atom stereocenters. The summed E-state index contributed by atoms with van der Waals surface area (Å²) in [5, 5.41) is 0. The molecule has 3 saturated heterocycles. The van der Waals surface area contributed by atoms with Crippen LogP contribution in [0.4, 0.5) is 9.59 Å². The molecule has 7 nitrogen and oxygen atoms in total. The van der Waals surface area contributed by atoms with Crippen LogP contribution in [-0.2, 0) is 9.53 Å². The van der Waals surface area contributed by atoms with Gasteiger partial charge in [0.05, 0.1) is 6.61 Å². The second-order valence-electron chi connectivity index (χ2n) is 6.40. The maximum absolute atomic E-state index is 12.7. The van der Waals surface area contributed by atoms with Gasteiger partial charge >= 0.3 is 12.1 Å². The molecule has 7 heteroatoms. The average molecular weight is 309 g/mol. The normalized spacial score (nSPS) is 29.3. The molecule has 3 aliphatic heterocycles. The van der Waals surface area contributed by atoms with Crippen molar-refractivity contribution in [2.45, 2.75) is 51.1 Å². The summed E-state index contributed by atoms with van der Waals surface area (Å²) in [6.07, 6.45) is 2.58. The Morgan fingerprint density at radius 3 is 2.55 bits per heavy atom. The van der Waals surface area contributed by atoms with Crippen molar-refractivity contribution in [3.05, 3.63) is 0 Å². The number of nitrogens with zero attached hydrogens (tertiary/aromatic N) is 3. The van der Waals surface area contributed by atoms with Crippen molar-refractivity contribution in [3.63, 3.8) is 0 Å². The molecule has 0 aromatic rings. The first-order valence-electron chi connectivity index (χ1n) is 8.06. The van der Waals surface area contributed by atoms with Crippen LogP contribution >= 0.6 is 0 Å². The Morgan fingerprint density at radius 2 is 1.95 bits per heavy atom. The summed E-state index contributed by atoms with van der Waals surface area (Å²) in [4.78, 5) is 41.8. The standard InChI is InChI=1S/C15H23N3O4/c1-3-22-14(21)16-9-5-11(6-10-16)18-12(19)15(2)7-4-8-17(15)13(18)20/h11H,3-10H2,1-2H3/t15-/m1/s1. The molecule has 0 saturated carbocycles. The highest BCUT2D eigenvalue weighted by Crippen LogP contribution is 2.39. The van der Waals surface area contributed by atoms with E-state index in [1.54, 1.807) is 16.7 Å². The van der Waals surface area contributed by atoms with E-state index in [1.807, 2.05) is 6.92 Å². The van der Waals surface area contributed by atoms with Crippen molar-refractivity contribution in [1.29, 1.82) is 0 Å². The van der Waals surface area contributed by atoms with Crippen LogP contribution in [0.15, 0.2) is 0 Å². The van der Waals surface area contributed by atoms with Crippen molar-refractivity contribution in [2.75, 3.05) is 26.2 Å². The predicted octanol–water partition coefficient (Wildman–Crippen LogP) is 1.42. The predicted molar refractivity (Wildman–Crippen MR) is 78.2 cm³/mol. The van der Waals surface area contributed by atoms with E-state index in [0.29, 0.717) is 39.1 Å². The van der Waals surface area contributed by atoms with Crippen molar-refractivity contribution in [3.8, 4) is 0 Å². The molecule has 0 spiro atoms. The molecule has 0 unspecified atom stereocenters. The number of hydrogen-bond acceptors (Lipinski definition) is 4. The number of rotatable bonds is 2. The lowest BCUT2D eigenvalue weighted by atomic mass is 9.97. The molecule has 0 aromatic heterocycles. The van der Waals surface area contributed by atoms with Crippen molar-refractivity contribution in [2.24, 2.45) is 0 Å². The van der Waals surface area contributed by atoms with Gasteiger partial charge in [-0.1, -0.05) is 0 Å². The van der Waals surface area contributed by atoms with Gasteiger partial charge in [0.2, 0.25) is 0 Å². The number of urea groups is 1. The van der Waals surface area contributed by atoms with Gasteiger partial charge in [0.15, 0.2) is 0 Å². The zero-order valence-corrected chi connectivity index (χ0v) is 13.2. The van der Waals surface area contributed by atoms with E-state index in [4.69, 9.17) is 4.74 Å². The van der Waals surface area contributed by atoms with Gasteiger partial charge in [0.25, 0.3) is 5.91 Å². The lowest BCUT2D eigenvalue weighted by Gasteiger charge is -2.35. The van der Waals surface area contributed by atoms with Crippen LogP contribution in [0.3, 0.4) is 0 Å². The van der Waals surface area contributed by atoms with Gasteiger partial charge in [-0.2, -0.15) is 0 Å². The minimum absolute atomic E-state index is 0.0652. The van der Waals surface area contributed by atoms with Gasteiger partial charge in [0.1, 0.15) is 5.54 Å². The molecule has 0 bridgehead atoms. The molecule has 3 heterocycles. The van der Waals surface area contributed by atoms with Gasteiger partial charge in [-0.3, -0.25) is 9.69 Å². The van der Waals surface area contributed by atoms with Gasteiger partial charge in [-0.05, 0) is 39.5 Å². The molecule has 3 rings (SSSR count). The highest BCUT2D eigenvalue weighted by molar-refractivity contribution is 6.07. The van der Waals surface area contributed by atoms with Gasteiger partial charge in [0, 0.05) is 25.7 Å². The lowest BCUT2D eigenvalue weighted by molar-refractivity contribution is -0.133. The van der Waals surface area contributed by atoms with Crippen molar-refractivity contribution < 1.29 is 19.1 Å². The van der Waals surface area contributed by atoms with E-state index in [-0.39, 0.29) is 24.1 Å². The fourth-order valence-electron chi connectivity index (χ4n) is 3.81. The van der Waals surface area contributed by atoms with Crippen LogP contribution in [0.1, 0.15) is 39.5 Å². The summed E-state index contributed by atoms with van der Waals surface area (Å²) < 4.78 is 4.99. The largest absolute Gasteiger partial charge is 0.450 e. The molecule has 0 radical (unpaired) electrons. The van der Waals surface area contributed by atoms with Gasteiger partial charge < -0.3 is 14.5 Å². The van der Waals surface area contributed by atoms with E-state index < -0.39 is 5.54 Å². The molecule has 0 aliphatic carbocycles. The Kier molecular flexibility index (Phi) is 3.74. The average Bonchev–Trinajstić information content (AvgIpc) is 2.98. The third kappa shape index (κ3) is 2.14. The van der Waals surface area contributed by atoms with E-state index in [2.05, 4.69) is 0 Å². The van der Waals surface area contributed by atoms with Crippen LogP contribution in [0.25, 0.3) is 0 Å². The Hall–Kier alpha value is -1.79. The maximum Gasteiger partial charge on any atom is 0.409 e. The first kappa shape index (κ1) is 15.1. The quantitative estimate of drug-likeness (QED) is 0.723. The number of piperidine rings is 1. The number of carbonyl (C=O) groups is 3. The minimum Gasteiger partial charge on any atom is -0.450 e. The van der Waals surface area contributed by atoms with Crippen LogP contribution < -0.4 is 0 Å². The summed E-state index contributed by atoms with van der Waals surface area (Å²) in [5.41, 5.74) is -0.643. The smallest absolute Gasteiger partial charge is 0.409 e. The summed E-state index contributed by atoms with van der Waals surface area (Å²) in [6, 6.07) is -0.257. The number of hydrogen-bond donors (Lipinski definition) is 0. The molecule has 0 aromatic carbocycles. The lowest BCUT2D eigenvalue weighted by Crippen LogP contribution is -2.50. The Morgan fingerprint density at radius 1 is 1.27 bits per heavy atom. The molecule has 22 heavy (non-hydrogen) atoms. The molecular formula is C15H23N3O4. The van der Waals surface area contributed by atoms with E-state index in [0.717, 1.165) is 12.8 Å². The summed E-state index contributed by atoms with van der Waals surface area (Å²) in [5.74, 6) is -0.0652. The summed E-state index contributed by atoms with van der Waals surface area (Å²) in [7, 11) is 0. The summed E-state index contributed by atoms with van der Waals surface area (Å²) >= 11 is 0. The van der Waals surface area contributed by atoms with E-state index >= 15 is 0 Å². The number of likely N-dealkylation sites (tertiary alicyclic amines) is 1. The second kappa shape index (κ2) is 5.44. The number of amides is 4. The van der Waals surface area contributed by atoms with Crippen LogP contribution in [0, 0.1) is 0 Å². The zero-order chi connectivity index (χ0) is 15.9. The van der Waals surface area contributed by atoms with Crippen molar-refractivity contribution in [1.82, 2.24) is 14.7 Å². The van der Waals surface area contributed by atoms with Crippen LogP contribution in [-0.4, -0.2) is 70.6 Å². The highest BCUT2D eigenvalue weighted by Gasteiger charge is 2.58. The van der Waals surface area contributed by atoms with E-state index in [9.17, 15) is 14.4 Å².